The summed E-state index contributed by atoms with van der Waals surface area (Å²) in [4.78, 5) is 6.77. The summed E-state index contributed by atoms with van der Waals surface area (Å²) in [5.74, 6) is 1.73. The van der Waals surface area contributed by atoms with Crippen LogP contribution in [-0.4, -0.2) is 40.9 Å². The number of rotatable bonds is 5. The van der Waals surface area contributed by atoms with Crippen molar-refractivity contribution in [3.8, 4) is 22.9 Å². The highest BCUT2D eigenvalue weighted by Gasteiger charge is 2.21. The molecule has 0 amide bonds. The molecule has 5 rings (SSSR count). The maximum absolute atomic E-state index is 9.38. The molecule has 0 saturated carbocycles. The normalized spacial score (nSPS) is 13.8. The van der Waals surface area contributed by atoms with Crippen molar-refractivity contribution in [1.29, 1.82) is 5.26 Å². The molecule has 7 nitrogen and oxygen atoms in total. The lowest BCUT2D eigenvalue weighted by Gasteiger charge is -2.30. The van der Waals surface area contributed by atoms with Crippen molar-refractivity contribution in [3.05, 3.63) is 78.1 Å². The third-order valence-electron chi connectivity index (χ3n) is 5.35. The zero-order valence-corrected chi connectivity index (χ0v) is 16.9. The Hall–Kier alpha value is -3.89. The summed E-state index contributed by atoms with van der Waals surface area (Å²) in [7, 11) is 0. The third-order valence-corrected chi connectivity index (χ3v) is 5.35. The summed E-state index contributed by atoms with van der Waals surface area (Å²) in [6, 6.07) is 20.3. The molecule has 31 heavy (non-hydrogen) atoms. The minimum atomic E-state index is 0.464. The van der Waals surface area contributed by atoms with Crippen LogP contribution in [0.1, 0.15) is 11.1 Å². The van der Waals surface area contributed by atoms with Crippen molar-refractivity contribution in [2.75, 3.05) is 31.2 Å². The van der Waals surface area contributed by atoms with Gasteiger partial charge in [0.05, 0.1) is 19.4 Å². The van der Waals surface area contributed by atoms with Crippen LogP contribution in [0.4, 0.5) is 5.82 Å². The molecule has 1 saturated heterocycles. The fraction of sp³-hybridized carbons (Fsp3) is 0.208. The van der Waals surface area contributed by atoms with Gasteiger partial charge in [-0.15, -0.1) is 0 Å². The molecule has 0 atom stereocenters. The zero-order valence-electron chi connectivity index (χ0n) is 16.9. The lowest BCUT2D eigenvalue weighted by atomic mass is 10.1. The molecule has 0 spiro atoms. The van der Waals surface area contributed by atoms with Gasteiger partial charge in [-0.25, -0.2) is 4.98 Å². The van der Waals surface area contributed by atoms with E-state index in [4.69, 9.17) is 9.47 Å². The van der Waals surface area contributed by atoms with Crippen molar-refractivity contribution in [2.24, 2.45) is 0 Å². The largest absolute Gasteiger partial charge is 0.489 e. The van der Waals surface area contributed by atoms with Gasteiger partial charge in [0.2, 0.25) is 0 Å². The quantitative estimate of drug-likeness (QED) is 0.499. The monoisotopic (exact) mass is 411 g/mol. The molecule has 0 aliphatic carbocycles. The Morgan fingerprint density at radius 1 is 1.00 bits per heavy atom. The number of anilines is 1. The van der Waals surface area contributed by atoms with Gasteiger partial charge in [-0.05, 0) is 23.3 Å². The van der Waals surface area contributed by atoms with E-state index in [2.05, 4.69) is 21.1 Å². The van der Waals surface area contributed by atoms with Gasteiger partial charge in [-0.3, -0.25) is 0 Å². The van der Waals surface area contributed by atoms with Gasteiger partial charge in [-0.2, -0.15) is 14.9 Å². The molecule has 0 unspecified atom stereocenters. The van der Waals surface area contributed by atoms with Crippen LogP contribution in [0.3, 0.4) is 0 Å². The number of aromatic nitrogens is 3. The molecule has 154 valence electrons. The Kier molecular flexibility index (Phi) is 5.21. The third kappa shape index (κ3) is 3.81. The Labute approximate surface area is 180 Å². The second-order valence-electron chi connectivity index (χ2n) is 7.30. The Morgan fingerprint density at radius 3 is 2.52 bits per heavy atom. The van der Waals surface area contributed by atoms with Gasteiger partial charge in [0, 0.05) is 24.8 Å². The summed E-state index contributed by atoms with van der Waals surface area (Å²) in [5.41, 5.74) is 4.12. The average molecular weight is 411 g/mol. The Balaban J connectivity index is 1.48. The highest BCUT2D eigenvalue weighted by molar-refractivity contribution is 5.78. The number of nitriles is 1. The van der Waals surface area contributed by atoms with E-state index in [-0.39, 0.29) is 0 Å². The van der Waals surface area contributed by atoms with Crippen molar-refractivity contribution < 1.29 is 9.47 Å². The predicted molar refractivity (Wildman–Crippen MR) is 117 cm³/mol. The van der Waals surface area contributed by atoms with Crippen LogP contribution in [0.15, 0.2) is 67.0 Å². The molecule has 0 radical (unpaired) electrons. The van der Waals surface area contributed by atoms with E-state index >= 15 is 0 Å². The lowest BCUT2D eigenvalue weighted by molar-refractivity contribution is 0.122. The topological polar surface area (TPSA) is 75.7 Å². The summed E-state index contributed by atoms with van der Waals surface area (Å²) in [5, 5.41) is 13.8. The van der Waals surface area contributed by atoms with Gasteiger partial charge in [0.25, 0.3) is 0 Å². The SMILES string of the molecule is N#Cc1cnn2c(N3CCOCC3)c(-c3ccc(OCc4ccccc4)cc3)cnc12. The number of morpholine rings is 1. The van der Waals surface area contributed by atoms with E-state index in [0.717, 1.165) is 41.3 Å². The van der Waals surface area contributed by atoms with Crippen molar-refractivity contribution >= 4 is 11.5 Å². The molecular formula is C24H21N5O2. The summed E-state index contributed by atoms with van der Waals surface area (Å²) in [6.45, 7) is 3.35. The highest BCUT2D eigenvalue weighted by atomic mass is 16.5. The first-order valence-electron chi connectivity index (χ1n) is 10.2. The van der Waals surface area contributed by atoms with E-state index in [0.29, 0.717) is 31.0 Å². The van der Waals surface area contributed by atoms with Gasteiger partial charge >= 0.3 is 0 Å². The second kappa shape index (κ2) is 8.46. The van der Waals surface area contributed by atoms with Crippen LogP contribution in [0.25, 0.3) is 16.8 Å². The molecule has 2 aromatic heterocycles. The number of fused-ring (bicyclic) bond motifs is 1. The lowest BCUT2D eigenvalue weighted by Crippen LogP contribution is -2.37. The molecule has 1 aliphatic heterocycles. The van der Waals surface area contributed by atoms with Crippen LogP contribution in [0.2, 0.25) is 0 Å². The molecule has 1 fully saturated rings. The number of hydrogen-bond donors (Lipinski definition) is 0. The number of hydrogen-bond acceptors (Lipinski definition) is 6. The van der Waals surface area contributed by atoms with Crippen molar-refractivity contribution in [1.82, 2.24) is 14.6 Å². The molecule has 0 N–H and O–H groups in total. The zero-order chi connectivity index (χ0) is 21.0. The Morgan fingerprint density at radius 2 is 1.77 bits per heavy atom. The fourth-order valence-corrected chi connectivity index (χ4v) is 3.75. The molecule has 4 aromatic rings. The van der Waals surface area contributed by atoms with Gasteiger partial charge in [-0.1, -0.05) is 42.5 Å². The van der Waals surface area contributed by atoms with E-state index < -0.39 is 0 Å². The molecular weight excluding hydrogens is 390 g/mol. The van der Waals surface area contributed by atoms with E-state index in [1.54, 1.807) is 10.7 Å². The summed E-state index contributed by atoms with van der Waals surface area (Å²) in [6.07, 6.45) is 3.39. The number of ether oxygens (including phenoxy) is 2. The maximum Gasteiger partial charge on any atom is 0.175 e. The highest BCUT2D eigenvalue weighted by Crippen LogP contribution is 2.33. The second-order valence-corrected chi connectivity index (χ2v) is 7.30. The first-order chi connectivity index (χ1) is 15.3. The van der Waals surface area contributed by atoms with Gasteiger partial charge in [0.1, 0.15) is 29.8 Å². The minimum Gasteiger partial charge on any atom is -0.489 e. The average Bonchev–Trinajstić information content (AvgIpc) is 3.27. The molecule has 7 heteroatoms. The number of nitrogens with zero attached hydrogens (tertiary/aromatic N) is 5. The van der Waals surface area contributed by atoms with Crippen LogP contribution in [0, 0.1) is 11.3 Å². The standard InChI is InChI=1S/C24H21N5O2/c25-14-20-15-27-29-23(20)26-16-22(24(29)28-10-12-30-13-11-28)19-6-8-21(9-7-19)31-17-18-4-2-1-3-5-18/h1-9,15-16H,10-13,17H2. The van der Waals surface area contributed by atoms with Gasteiger partial charge in [0.15, 0.2) is 5.65 Å². The first-order valence-corrected chi connectivity index (χ1v) is 10.2. The minimum absolute atomic E-state index is 0.464. The van der Waals surface area contributed by atoms with E-state index in [9.17, 15) is 5.26 Å². The Bertz CT molecular complexity index is 1220. The fourth-order valence-electron chi connectivity index (χ4n) is 3.75. The smallest absolute Gasteiger partial charge is 0.175 e. The summed E-state index contributed by atoms with van der Waals surface area (Å²) >= 11 is 0. The van der Waals surface area contributed by atoms with Crippen LogP contribution in [0.5, 0.6) is 5.75 Å². The molecule has 3 heterocycles. The first kappa shape index (κ1) is 19.1. The predicted octanol–water partition coefficient (Wildman–Crippen LogP) is 3.68. The maximum atomic E-state index is 9.38. The van der Waals surface area contributed by atoms with Crippen LogP contribution >= 0.6 is 0 Å². The van der Waals surface area contributed by atoms with Crippen LogP contribution < -0.4 is 9.64 Å². The van der Waals surface area contributed by atoms with Crippen molar-refractivity contribution in [2.45, 2.75) is 6.61 Å². The summed E-state index contributed by atoms with van der Waals surface area (Å²) < 4.78 is 13.2. The van der Waals surface area contributed by atoms with E-state index in [1.165, 1.54) is 0 Å². The van der Waals surface area contributed by atoms with Crippen molar-refractivity contribution in [3.63, 3.8) is 0 Å². The number of benzene rings is 2. The molecule has 1 aliphatic rings. The van der Waals surface area contributed by atoms with Gasteiger partial charge < -0.3 is 14.4 Å². The molecule has 0 bridgehead atoms. The molecule has 2 aromatic carbocycles. The van der Waals surface area contributed by atoms with E-state index in [1.807, 2.05) is 60.8 Å². The van der Waals surface area contributed by atoms with Crippen LogP contribution in [-0.2, 0) is 11.3 Å².